The molecule has 23 heavy (non-hydrogen) atoms. The molecule has 0 saturated carbocycles. The fraction of sp³-hybridized carbons (Fsp3) is 0.111. The SMILES string of the molecule is Cc1ccc(-n2[nH]c(C)c(C(=O)c3ccccc3)c2=O)cc1Cl. The van der Waals surface area contributed by atoms with Gasteiger partial charge in [-0.25, -0.2) is 4.68 Å². The molecule has 0 saturated heterocycles. The minimum Gasteiger partial charge on any atom is -0.295 e. The van der Waals surface area contributed by atoms with Crippen molar-refractivity contribution in [1.82, 2.24) is 9.78 Å². The highest BCUT2D eigenvalue weighted by Gasteiger charge is 2.20. The average molecular weight is 327 g/mol. The molecule has 116 valence electrons. The van der Waals surface area contributed by atoms with Crippen molar-refractivity contribution < 1.29 is 4.79 Å². The van der Waals surface area contributed by atoms with Gasteiger partial charge in [0.25, 0.3) is 5.56 Å². The molecule has 0 spiro atoms. The van der Waals surface area contributed by atoms with Crippen LogP contribution in [0.2, 0.25) is 5.02 Å². The number of hydrogen-bond donors (Lipinski definition) is 1. The third-order valence-corrected chi connectivity index (χ3v) is 4.16. The number of aryl methyl sites for hydroxylation is 2. The van der Waals surface area contributed by atoms with Gasteiger partial charge in [0.05, 0.1) is 5.69 Å². The van der Waals surface area contributed by atoms with Crippen molar-refractivity contribution in [1.29, 1.82) is 0 Å². The number of aromatic nitrogens is 2. The average Bonchev–Trinajstić information content (AvgIpc) is 2.85. The lowest BCUT2D eigenvalue weighted by Gasteiger charge is -2.04. The van der Waals surface area contributed by atoms with Gasteiger partial charge < -0.3 is 0 Å². The van der Waals surface area contributed by atoms with Crippen LogP contribution in [0.4, 0.5) is 0 Å². The summed E-state index contributed by atoms with van der Waals surface area (Å²) in [6.07, 6.45) is 0. The Bertz CT molecular complexity index is 939. The molecule has 2 aromatic carbocycles. The Morgan fingerprint density at radius 3 is 2.43 bits per heavy atom. The smallest absolute Gasteiger partial charge is 0.282 e. The molecule has 0 fully saturated rings. The zero-order valence-electron chi connectivity index (χ0n) is 12.8. The van der Waals surface area contributed by atoms with Crippen LogP contribution in [-0.2, 0) is 0 Å². The first-order chi connectivity index (χ1) is 11.0. The lowest BCUT2D eigenvalue weighted by molar-refractivity contribution is 0.103. The van der Waals surface area contributed by atoms with Crippen molar-refractivity contribution in [3.05, 3.63) is 86.3 Å². The number of rotatable bonds is 3. The summed E-state index contributed by atoms with van der Waals surface area (Å²) in [6.45, 7) is 3.60. The van der Waals surface area contributed by atoms with Crippen LogP contribution >= 0.6 is 11.6 Å². The summed E-state index contributed by atoms with van der Waals surface area (Å²) in [5.74, 6) is -0.290. The van der Waals surface area contributed by atoms with Gasteiger partial charge in [0.1, 0.15) is 5.56 Å². The molecule has 1 N–H and O–H groups in total. The monoisotopic (exact) mass is 326 g/mol. The molecule has 0 unspecified atom stereocenters. The summed E-state index contributed by atoms with van der Waals surface area (Å²) in [7, 11) is 0. The quantitative estimate of drug-likeness (QED) is 0.747. The van der Waals surface area contributed by atoms with E-state index in [9.17, 15) is 9.59 Å². The Hall–Kier alpha value is -2.59. The summed E-state index contributed by atoms with van der Waals surface area (Å²) < 4.78 is 1.34. The van der Waals surface area contributed by atoms with Crippen LogP contribution < -0.4 is 5.56 Å². The van der Waals surface area contributed by atoms with Crippen LogP contribution in [0.3, 0.4) is 0 Å². The molecule has 3 rings (SSSR count). The van der Waals surface area contributed by atoms with Gasteiger partial charge in [-0.05, 0) is 31.5 Å². The van der Waals surface area contributed by atoms with E-state index in [-0.39, 0.29) is 16.9 Å². The van der Waals surface area contributed by atoms with Gasteiger partial charge in [-0.15, -0.1) is 0 Å². The van der Waals surface area contributed by atoms with Crippen LogP contribution in [0, 0.1) is 13.8 Å². The Morgan fingerprint density at radius 2 is 1.78 bits per heavy atom. The van der Waals surface area contributed by atoms with Crippen molar-refractivity contribution in [2.24, 2.45) is 0 Å². The third kappa shape index (κ3) is 2.73. The largest absolute Gasteiger partial charge is 0.295 e. The maximum absolute atomic E-state index is 12.7. The predicted molar refractivity (Wildman–Crippen MR) is 90.7 cm³/mol. The minimum atomic E-state index is -0.378. The summed E-state index contributed by atoms with van der Waals surface area (Å²) >= 11 is 6.12. The number of benzene rings is 2. The Balaban J connectivity index is 2.12. The highest BCUT2D eigenvalue weighted by molar-refractivity contribution is 6.31. The topological polar surface area (TPSA) is 54.9 Å². The first-order valence-electron chi connectivity index (χ1n) is 7.17. The summed E-state index contributed by atoms with van der Waals surface area (Å²) in [4.78, 5) is 25.3. The molecule has 0 aliphatic heterocycles. The molecule has 1 aromatic heterocycles. The Labute approximate surface area is 138 Å². The lowest BCUT2D eigenvalue weighted by atomic mass is 10.0. The van der Waals surface area contributed by atoms with Crippen LogP contribution in [0.15, 0.2) is 53.3 Å². The second-order valence-electron chi connectivity index (χ2n) is 5.38. The van der Waals surface area contributed by atoms with E-state index in [4.69, 9.17) is 11.6 Å². The highest BCUT2D eigenvalue weighted by atomic mass is 35.5. The number of carbonyl (C=O) groups excluding carboxylic acids is 1. The van der Waals surface area contributed by atoms with E-state index in [1.807, 2.05) is 19.1 Å². The number of halogens is 1. The Kier molecular flexibility index (Phi) is 3.92. The van der Waals surface area contributed by atoms with Crippen LogP contribution in [-0.4, -0.2) is 15.6 Å². The maximum atomic E-state index is 12.7. The summed E-state index contributed by atoms with van der Waals surface area (Å²) in [5, 5.41) is 3.52. The number of carbonyl (C=O) groups is 1. The fourth-order valence-corrected chi connectivity index (χ4v) is 2.63. The van der Waals surface area contributed by atoms with E-state index in [1.165, 1.54) is 4.68 Å². The molecule has 0 radical (unpaired) electrons. The van der Waals surface area contributed by atoms with Gasteiger partial charge in [-0.1, -0.05) is 48.0 Å². The first-order valence-corrected chi connectivity index (χ1v) is 7.54. The fourth-order valence-electron chi connectivity index (χ4n) is 2.45. The molecule has 0 atom stereocenters. The predicted octanol–water partition coefficient (Wildman–Crippen LogP) is 3.67. The van der Waals surface area contributed by atoms with Gasteiger partial charge in [-0.2, -0.15) is 0 Å². The standard InChI is InChI=1S/C18H15ClN2O2/c1-11-8-9-14(10-15(11)19)21-18(23)16(12(2)20-21)17(22)13-6-4-3-5-7-13/h3-10,20H,1-2H3. The van der Waals surface area contributed by atoms with E-state index in [0.29, 0.717) is 22.0 Å². The second kappa shape index (κ2) is 5.89. The van der Waals surface area contributed by atoms with Gasteiger partial charge in [0.2, 0.25) is 0 Å². The number of ketones is 1. The second-order valence-corrected chi connectivity index (χ2v) is 5.79. The molecule has 5 heteroatoms. The number of nitrogens with one attached hydrogen (secondary N) is 1. The van der Waals surface area contributed by atoms with Gasteiger partial charge >= 0.3 is 0 Å². The van der Waals surface area contributed by atoms with Gasteiger partial charge in [-0.3, -0.25) is 14.7 Å². The van der Waals surface area contributed by atoms with Crippen LogP contribution in [0.25, 0.3) is 5.69 Å². The molecule has 3 aromatic rings. The number of aromatic amines is 1. The van der Waals surface area contributed by atoms with Crippen molar-refractivity contribution in [3.8, 4) is 5.69 Å². The molecule has 0 aliphatic rings. The molecule has 4 nitrogen and oxygen atoms in total. The minimum absolute atomic E-state index is 0.146. The number of H-pyrrole nitrogens is 1. The van der Waals surface area contributed by atoms with E-state index < -0.39 is 0 Å². The molecule has 1 heterocycles. The zero-order valence-corrected chi connectivity index (χ0v) is 13.5. The van der Waals surface area contributed by atoms with Crippen LogP contribution in [0.5, 0.6) is 0 Å². The molecule has 0 amide bonds. The molecular weight excluding hydrogens is 312 g/mol. The van der Waals surface area contributed by atoms with Crippen molar-refractivity contribution in [2.75, 3.05) is 0 Å². The van der Waals surface area contributed by atoms with E-state index in [0.717, 1.165) is 5.56 Å². The Morgan fingerprint density at radius 1 is 1.09 bits per heavy atom. The molecular formula is C18H15ClN2O2. The van der Waals surface area contributed by atoms with E-state index in [2.05, 4.69) is 5.10 Å². The number of nitrogens with zero attached hydrogens (tertiary/aromatic N) is 1. The third-order valence-electron chi connectivity index (χ3n) is 3.75. The van der Waals surface area contributed by atoms with Crippen LogP contribution in [0.1, 0.15) is 27.2 Å². The molecule has 0 bridgehead atoms. The van der Waals surface area contributed by atoms with Crippen molar-refractivity contribution in [2.45, 2.75) is 13.8 Å². The number of hydrogen-bond acceptors (Lipinski definition) is 2. The van der Waals surface area contributed by atoms with Gasteiger partial charge in [0, 0.05) is 16.3 Å². The van der Waals surface area contributed by atoms with Gasteiger partial charge in [0.15, 0.2) is 5.78 Å². The lowest BCUT2D eigenvalue weighted by Crippen LogP contribution is -2.20. The van der Waals surface area contributed by atoms with E-state index >= 15 is 0 Å². The maximum Gasteiger partial charge on any atom is 0.282 e. The normalized spacial score (nSPS) is 10.7. The summed E-state index contributed by atoms with van der Waals surface area (Å²) in [6, 6.07) is 14.1. The highest BCUT2D eigenvalue weighted by Crippen LogP contribution is 2.19. The van der Waals surface area contributed by atoms with Crippen molar-refractivity contribution in [3.63, 3.8) is 0 Å². The first kappa shape index (κ1) is 15.3. The van der Waals surface area contributed by atoms with E-state index in [1.54, 1.807) is 43.3 Å². The van der Waals surface area contributed by atoms with Crippen molar-refractivity contribution >= 4 is 17.4 Å². The molecule has 0 aliphatic carbocycles. The zero-order chi connectivity index (χ0) is 16.6. The summed E-state index contributed by atoms with van der Waals surface area (Å²) in [5.41, 5.74) is 2.30.